The van der Waals surface area contributed by atoms with Crippen LogP contribution in [-0.2, 0) is 11.3 Å². The van der Waals surface area contributed by atoms with Gasteiger partial charge in [-0.25, -0.2) is 4.79 Å². The van der Waals surface area contributed by atoms with Crippen molar-refractivity contribution in [3.63, 3.8) is 0 Å². The van der Waals surface area contributed by atoms with E-state index in [9.17, 15) is 14.4 Å². The monoisotopic (exact) mass is 609 g/mol. The molecule has 2 heterocycles. The molecule has 1 aromatic heterocycles. The smallest absolute Gasteiger partial charge is 0.318 e. The molecule has 4 aromatic rings. The Morgan fingerprint density at radius 1 is 0.889 bits per heavy atom. The largest absolute Gasteiger partial charge is 0.368 e. The van der Waals surface area contributed by atoms with Crippen molar-refractivity contribution < 1.29 is 14.4 Å². The molecule has 10 heteroatoms. The Morgan fingerprint density at radius 2 is 1.58 bits per heavy atom. The van der Waals surface area contributed by atoms with E-state index in [1.165, 1.54) is 4.90 Å². The highest BCUT2D eigenvalue weighted by Gasteiger charge is 2.33. The first-order chi connectivity index (χ1) is 21.6. The van der Waals surface area contributed by atoms with Crippen LogP contribution in [0.2, 0.25) is 0 Å². The number of H-pyrrole nitrogens is 1. The summed E-state index contributed by atoms with van der Waals surface area (Å²) in [6.45, 7) is 5.04. The number of benzene rings is 3. The minimum atomic E-state index is -0.913. The summed E-state index contributed by atoms with van der Waals surface area (Å²) in [6, 6.07) is 22.4. The number of para-hydroxylation sites is 2. The van der Waals surface area contributed by atoms with Crippen LogP contribution in [0.1, 0.15) is 34.3 Å². The van der Waals surface area contributed by atoms with Gasteiger partial charge in [0.1, 0.15) is 6.04 Å². The van der Waals surface area contributed by atoms with Crippen LogP contribution in [0.3, 0.4) is 0 Å². The highest BCUT2D eigenvalue weighted by Crippen LogP contribution is 2.29. The summed E-state index contributed by atoms with van der Waals surface area (Å²) in [4.78, 5) is 51.9. The molecular weight excluding hydrogens is 566 g/mol. The average molecular weight is 610 g/mol. The minimum Gasteiger partial charge on any atom is -0.368 e. The highest BCUT2D eigenvalue weighted by atomic mass is 16.2. The molecule has 0 radical (unpaired) electrons. The molecule has 1 aliphatic rings. The molecular formula is C35H43N7O3. The number of rotatable bonds is 9. The van der Waals surface area contributed by atoms with Gasteiger partial charge in [-0.15, -0.1) is 0 Å². The van der Waals surface area contributed by atoms with Crippen LogP contribution < -0.4 is 15.5 Å². The third kappa shape index (κ3) is 7.29. The van der Waals surface area contributed by atoms with Crippen molar-refractivity contribution >= 4 is 40.1 Å². The maximum Gasteiger partial charge on any atom is 0.318 e. The Balaban J connectivity index is 1.42. The summed E-state index contributed by atoms with van der Waals surface area (Å²) in [5.41, 5.74) is 4.76. The van der Waals surface area contributed by atoms with Crippen molar-refractivity contribution in [2.75, 3.05) is 64.6 Å². The summed E-state index contributed by atoms with van der Waals surface area (Å²) < 4.78 is 0. The van der Waals surface area contributed by atoms with Crippen LogP contribution >= 0.6 is 0 Å². The zero-order chi connectivity index (χ0) is 32.1. The number of carbonyl (C=O) groups excluding carboxylic acids is 3. The summed E-state index contributed by atoms with van der Waals surface area (Å²) in [6.07, 6.45) is 1.90. The van der Waals surface area contributed by atoms with E-state index in [2.05, 4.69) is 32.7 Å². The molecule has 0 bridgehead atoms. The highest BCUT2D eigenvalue weighted by molar-refractivity contribution is 6.06. The molecule has 45 heavy (non-hydrogen) atoms. The molecule has 5 rings (SSSR count). The van der Waals surface area contributed by atoms with E-state index in [4.69, 9.17) is 0 Å². The van der Waals surface area contributed by atoms with Gasteiger partial charge < -0.3 is 35.2 Å². The fourth-order valence-corrected chi connectivity index (χ4v) is 5.89. The molecule has 0 unspecified atom stereocenters. The van der Waals surface area contributed by atoms with Gasteiger partial charge in [0, 0.05) is 75.5 Å². The first-order valence-corrected chi connectivity index (χ1v) is 15.3. The molecule has 10 nitrogen and oxygen atoms in total. The van der Waals surface area contributed by atoms with E-state index < -0.39 is 6.04 Å². The van der Waals surface area contributed by atoms with Crippen molar-refractivity contribution in [1.82, 2.24) is 25.0 Å². The van der Waals surface area contributed by atoms with Crippen LogP contribution in [-0.4, -0.2) is 97.9 Å². The first kappa shape index (κ1) is 31.6. The number of fused-ring (bicyclic) bond motifs is 1. The Labute approximate surface area is 265 Å². The molecule has 0 aliphatic carbocycles. The Hall–Kier alpha value is -4.83. The van der Waals surface area contributed by atoms with E-state index in [1.54, 1.807) is 25.1 Å². The molecule has 1 saturated heterocycles. The molecule has 4 amide bonds. The van der Waals surface area contributed by atoms with Crippen LogP contribution in [0.5, 0.6) is 0 Å². The van der Waals surface area contributed by atoms with Gasteiger partial charge in [-0.2, -0.15) is 0 Å². The van der Waals surface area contributed by atoms with Gasteiger partial charge in [-0.3, -0.25) is 9.59 Å². The quantitative estimate of drug-likeness (QED) is 0.258. The molecule has 3 N–H and O–H groups in total. The number of hydrogen-bond donors (Lipinski definition) is 3. The fourth-order valence-electron chi connectivity index (χ4n) is 5.89. The molecule has 0 spiro atoms. The van der Waals surface area contributed by atoms with Crippen LogP contribution in [0.4, 0.5) is 16.2 Å². The molecule has 236 valence electrons. The summed E-state index contributed by atoms with van der Waals surface area (Å²) in [5, 5.41) is 7.09. The van der Waals surface area contributed by atoms with E-state index in [0.717, 1.165) is 27.7 Å². The summed E-state index contributed by atoms with van der Waals surface area (Å²) in [7, 11) is 7.29. The van der Waals surface area contributed by atoms with Crippen LogP contribution in [0, 0.1) is 0 Å². The number of aromatic amines is 1. The lowest BCUT2D eigenvalue weighted by Crippen LogP contribution is -2.56. The third-order valence-electron chi connectivity index (χ3n) is 8.34. The SMILES string of the molecule is C[C@H](c1c[nH]c2ccccc12)[C@@H](NC(=O)N1CCN(c2ccccc2)CC1)C(=O)Nc1cc(CN(C)C)ccc1C(=O)N(C)C. The van der Waals surface area contributed by atoms with Crippen molar-refractivity contribution in [3.8, 4) is 0 Å². The number of urea groups is 1. The second kappa shape index (κ2) is 13.9. The zero-order valence-corrected chi connectivity index (χ0v) is 26.7. The van der Waals surface area contributed by atoms with Crippen molar-refractivity contribution in [1.29, 1.82) is 0 Å². The lowest BCUT2D eigenvalue weighted by molar-refractivity contribution is -0.118. The third-order valence-corrected chi connectivity index (χ3v) is 8.34. The van der Waals surface area contributed by atoms with E-state index in [0.29, 0.717) is 44.0 Å². The molecule has 3 aromatic carbocycles. The number of nitrogens with one attached hydrogen (secondary N) is 3. The number of piperazine rings is 1. The van der Waals surface area contributed by atoms with Gasteiger partial charge >= 0.3 is 6.03 Å². The first-order valence-electron chi connectivity index (χ1n) is 15.3. The molecule has 2 atom stereocenters. The predicted octanol–water partition coefficient (Wildman–Crippen LogP) is 4.57. The van der Waals surface area contributed by atoms with Crippen LogP contribution in [0.25, 0.3) is 10.9 Å². The predicted molar refractivity (Wildman–Crippen MR) is 180 cm³/mol. The number of carbonyl (C=O) groups is 3. The Kier molecular flexibility index (Phi) is 9.73. The van der Waals surface area contributed by atoms with Gasteiger partial charge in [-0.05, 0) is 55.6 Å². The minimum absolute atomic E-state index is 0.219. The lowest BCUT2D eigenvalue weighted by atomic mass is 9.92. The maximum atomic E-state index is 14.2. The molecule has 1 aliphatic heterocycles. The Bertz CT molecular complexity index is 1640. The zero-order valence-electron chi connectivity index (χ0n) is 26.7. The van der Waals surface area contributed by atoms with Crippen LogP contribution in [0.15, 0.2) is 79.0 Å². The van der Waals surface area contributed by atoms with Crippen molar-refractivity contribution in [2.45, 2.75) is 25.4 Å². The number of aromatic nitrogens is 1. The van der Waals surface area contributed by atoms with E-state index in [1.807, 2.05) is 86.7 Å². The molecule has 1 fully saturated rings. The van der Waals surface area contributed by atoms with E-state index in [-0.39, 0.29) is 23.8 Å². The van der Waals surface area contributed by atoms with Gasteiger partial charge in [0.15, 0.2) is 0 Å². The van der Waals surface area contributed by atoms with Gasteiger partial charge in [0.25, 0.3) is 5.91 Å². The second-order valence-electron chi connectivity index (χ2n) is 12.1. The van der Waals surface area contributed by atoms with Gasteiger partial charge in [0.05, 0.1) is 11.3 Å². The lowest BCUT2D eigenvalue weighted by Gasteiger charge is -2.37. The number of amides is 4. The van der Waals surface area contributed by atoms with Crippen molar-refractivity contribution in [2.24, 2.45) is 0 Å². The van der Waals surface area contributed by atoms with Crippen molar-refractivity contribution in [3.05, 3.63) is 95.7 Å². The van der Waals surface area contributed by atoms with E-state index >= 15 is 0 Å². The fraction of sp³-hybridized carbons (Fsp3) is 0.343. The van der Waals surface area contributed by atoms with Gasteiger partial charge in [0.2, 0.25) is 5.91 Å². The summed E-state index contributed by atoms with van der Waals surface area (Å²) in [5.74, 6) is -0.990. The average Bonchev–Trinajstić information content (AvgIpc) is 3.47. The maximum absolute atomic E-state index is 14.2. The number of hydrogen-bond acceptors (Lipinski definition) is 5. The topological polar surface area (TPSA) is 104 Å². The second-order valence-corrected chi connectivity index (χ2v) is 12.1. The molecule has 0 saturated carbocycles. The normalized spacial score (nSPS) is 14.7. The Morgan fingerprint density at radius 3 is 2.27 bits per heavy atom. The summed E-state index contributed by atoms with van der Waals surface area (Å²) >= 11 is 0. The van der Waals surface area contributed by atoms with Gasteiger partial charge in [-0.1, -0.05) is 49.4 Å². The standard InChI is InChI=1S/C35H43N7O3/c1-24(29-22-36-30-14-10-9-13-27(29)30)32(38-35(45)42-19-17-41(18-20-42)26-11-7-6-8-12-26)33(43)37-31-21-25(23-39(2)3)15-16-28(31)34(44)40(4)5/h6-16,21-22,24,32,36H,17-20,23H2,1-5H3,(H,37,43)(H,38,45)/t24-,32-/m1/s1. The number of anilines is 2. The number of nitrogens with zero attached hydrogens (tertiary/aromatic N) is 4.